The van der Waals surface area contributed by atoms with Gasteiger partial charge in [0.15, 0.2) is 0 Å². The molecule has 5 nitrogen and oxygen atoms in total. The van der Waals surface area contributed by atoms with Crippen molar-refractivity contribution in [2.45, 2.75) is 26.4 Å². The Morgan fingerprint density at radius 3 is 2.68 bits per heavy atom. The Hall–Kier alpha value is -2.53. The molecule has 0 aliphatic rings. The van der Waals surface area contributed by atoms with Gasteiger partial charge in [-0.15, -0.1) is 0 Å². The van der Waals surface area contributed by atoms with E-state index in [2.05, 4.69) is 16.5 Å². The summed E-state index contributed by atoms with van der Waals surface area (Å²) in [6.45, 7) is 4.37. The van der Waals surface area contributed by atoms with Crippen molar-refractivity contribution in [1.82, 2.24) is 19.7 Å². The van der Waals surface area contributed by atoms with E-state index in [1.54, 1.807) is 17.1 Å². The van der Waals surface area contributed by atoms with Crippen molar-refractivity contribution in [1.29, 1.82) is 0 Å². The molecular formula is C19H21ClN4O. The van der Waals surface area contributed by atoms with E-state index in [4.69, 9.17) is 11.6 Å². The van der Waals surface area contributed by atoms with E-state index in [0.717, 1.165) is 11.3 Å². The zero-order valence-corrected chi connectivity index (χ0v) is 15.0. The minimum absolute atomic E-state index is 0.00881. The summed E-state index contributed by atoms with van der Waals surface area (Å²) in [5, 5.41) is 7.76. The van der Waals surface area contributed by atoms with Crippen molar-refractivity contribution in [3.8, 4) is 5.69 Å². The van der Waals surface area contributed by atoms with Crippen LogP contribution >= 0.6 is 11.6 Å². The van der Waals surface area contributed by atoms with Crippen LogP contribution in [-0.4, -0.2) is 20.3 Å². The van der Waals surface area contributed by atoms with Gasteiger partial charge in [0.25, 0.3) is 0 Å². The molecule has 25 heavy (non-hydrogen) atoms. The van der Waals surface area contributed by atoms with E-state index >= 15 is 0 Å². The van der Waals surface area contributed by atoms with E-state index < -0.39 is 0 Å². The maximum atomic E-state index is 12.5. The summed E-state index contributed by atoms with van der Waals surface area (Å²) < 4.78 is 3.73. The highest BCUT2D eigenvalue weighted by molar-refractivity contribution is 6.30. The van der Waals surface area contributed by atoms with Gasteiger partial charge in [-0.05, 0) is 36.8 Å². The summed E-state index contributed by atoms with van der Waals surface area (Å²) in [5.74, 6) is -0.212. The van der Waals surface area contributed by atoms with Crippen LogP contribution in [0.15, 0.2) is 61.2 Å². The smallest absolute Gasteiger partial charge is 0.225 e. The van der Waals surface area contributed by atoms with Crippen LogP contribution in [0.2, 0.25) is 5.02 Å². The third-order valence-electron chi connectivity index (χ3n) is 4.14. The molecule has 0 aliphatic heterocycles. The summed E-state index contributed by atoms with van der Waals surface area (Å²) in [5.41, 5.74) is 2.14. The quantitative estimate of drug-likeness (QED) is 0.729. The molecule has 0 saturated carbocycles. The van der Waals surface area contributed by atoms with Gasteiger partial charge >= 0.3 is 0 Å². The van der Waals surface area contributed by atoms with Crippen LogP contribution < -0.4 is 5.32 Å². The van der Waals surface area contributed by atoms with Gasteiger partial charge in [0.2, 0.25) is 5.91 Å². The fraction of sp³-hybridized carbons (Fsp3) is 0.263. The lowest BCUT2D eigenvalue weighted by Crippen LogP contribution is -2.33. The van der Waals surface area contributed by atoms with Crippen molar-refractivity contribution < 1.29 is 4.79 Å². The van der Waals surface area contributed by atoms with Gasteiger partial charge in [0.05, 0.1) is 29.7 Å². The van der Waals surface area contributed by atoms with Crippen LogP contribution in [0.25, 0.3) is 5.69 Å². The first-order chi connectivity index (χ1) is 12.0. The van der Waals surface area contributed by atoms with E-state index in [1.165, 1.54) is 0 Å². The molecule has 0 bridgehead atoms. The number of hydrogen-bond acceptors (Lipinski definition) is 2. The van der Waals surface area contributed by atoms with E-state index in [-0.39, 0.29) is 17.9 Å². The molecule has 130 valence electrons. The van der Waals surface area contributed by atoms with Crippen LogP contribution in [0.1, 0.15) is 25.5 Å². The Morgan fingerprint density at radius 2 is 2.00 bits per heavy atom. The maximum Gasteiger partial charge on any atom is 0.225 e. The van der Waals surface area contributed by atoms with E-state index in [1.807, 2.05) is 61.1 Å². The second-order valence-corrected chi connectivity index (χ2v) is 6.63. The summed E-state index contributed by atoms with van der Waals surface area (Å²) in [6, 6.07) is 12.1. The molecule has 2 atom stereocenters. The van der Waals surface area contributed by atoms with Gasteiger partial charge < -0.3 is 9.88 Å². The number of aromatic nitrogens is 3. The fourth-order valence-corrected chi connectivity index (χ4v) is 2.86. The minimum atomic E-state index is -0.203. The van der Waals surface area contributed by atoms with Crippen molar-refractivity contribution in [2.24, 2.45) is 5.92 Å². The predicted octanol–water partition coefficient (Wildman–Crippen LogP) is 3.84. The predicted molar refractivity (Wildman–Crippen MR) is 98.7 cm³/mol. The van der Waals surface area contributed by atoms with Crippen LogP contribution in [0, 0.1) is 5.92 Å². The number of amides is 1. The van der Waals surface area contributed by atoms with Gasteiger partial charge in [-0.2, -0.15) is 5.10 Å². The lowest BCUT2D eigenvalue weighted by atomic mass is 10.1. The fourth-order valence-electron chi connectivity index (χ4n) is 2.70. The zero-order chi connectivity index (χ0) is 17.8. The number of carbonyl (C=O) groups excluding carboxylic acids is 1. The Labute approximate surface area is 152 Å². The molecule has 2 unspecified atom stereocenters. The largest absolute Gasteiger partial charge is 0.349 e. The number of benzene rings is 1. The lowest BCUT2D eigenvalue weighted by Gasteiger charge is -2.19. The first kappa shape index (κ1) is 17.3. The Morgan fingerprint density at radius 1 is 1.24 bits per heavy atom. The zero-order valence-electron chi connectivity index (χ0n) is 14.3. The summed E-state index contributed by atoms with van der Waals surface area (Å²) >= 11 is 5.86. The SMILES string of the molecule is CC(Cn1cc(Cl)cn1)C(=O)NC(C)c1cccc(-n2cccc2)c1. The monoisotopic (exact) mass is 356 g/mol. The Balaban J connectivity index is 1.64. The average molecular weight is 357 g/mol. The molecule has 1 amide bonds. The summed E-state index contributed by atoms with van der Waals surface area (Å²) in [4.78, 5) is 12.5. The Kier molecular flexibility index (Phi) is 5.24. The second-order valence-electron chi connectivity index (χ2n) is 6.20. The molecule has 6 heteroatoms. The summed E-state index contributed by atoms with van der Waals surface area (Å²) in [7, 11) is 0. The van der Waals surface area contributed by atoms with Crippen LogP contribution in [0.5, 0.6) is 0 Å². The molecule has 0 saturated heterocycles. The number of halogens is 1. The molecule has 2 aromatic heterocycles. The molecule has 3 rings (SSSR count). The molecule has 0 aliphatic carbocycles. The first-order valence-electron chi connectivity index (χ1n) is 8.24. The minimum Gasteiger partial charge on any atom is -0.349 e. The maximum absolute atomic E-state index is 12.5. The molecule has 0 spiro atoms. The molecule has 1 N–H and O–H groups in total. The normalized spacial score (nSPS) is 13.4. The first-order valence-corrected chi connectivity index (χ1v) is 8.62. The average Bonchev–Trinajstić information content (AvgIpc) is 3.27. The molecule has 1 aromatic carbocycles. The standard InChI is InChI=1S/C19H21ClN4O/c1-14(12-24-13-17(20)11-21-24)19(25)22-15(2)16-6-5-7-18(10-16)23-8-3-4-9-23/h3-11,13-15H,12H2,1-2H3,(H,22,25). The third kappa shape index (κ3) is 4.31. The van der Waals surface area contributed by atoms with Gasteiger partial charge in [0, 0.05) is 24.3 Å². The second kappa shape index (κ2) is 7.57. The molecule has 3 aromatic rings. The van der Waals surface area contributed by atoms with Crippen molar-refractivity contribution in [3.63, 3.8) is 0 Å². The number of carbonyl (C=O) groups is 1. The topological polar surface area (TPSA) is 51.9 Å². The van der Waals surface area contributed by atoms with Crippen LogP contribution in [-0.2, 0) is 11.3 Å². The number of hydrogen-bond donors (Lipinski definition) is 1. The number of nitrogens with zero attached hydrogens (tertiary/aromatic N) is 3. The van der Waals surface area contributed by atoms with Gasteiger partial charge in [-0.1, -0.05) is 30.7 Å². The number of rotatable bonds is 6. The molecular weight excluding hydrogens is 336 g/mol. The highest BCUT2D eigenvalue weighted by Gasteiger charge is 2.17. The Bertz CT molecular complexity index is 841. The van der Waals surface area contributed by atoms with Gasteiger partial charge in [0.1, 0.15) is 0 Å². The summed E-state index contributed by atoms with van der Waals surface area (Å²) in [6.07, 6.45) is 7.29. The van der Waals surface area contributed by atoms with Crippen LogP contribution in [0.4, 0.5) is 0 Å². The highest BCUT2D eigenvalue weighted by atomic mass is 35.5. The van der Waals surface area contributed by atoms with E-state index in [0.29, 0.717) is 11.6 Å². The molecule has 0 fully saturated rings. The highest BCUT2D eigenvalue weighted by Crippen LogP contribution is 2.18. The van der Waals surface area contributed by atoms with Crippen molar-refractivity contribution in [2.75, 3.05) is 0 Å². The molecule has 2 heterocycles. The third-order valence-corrected chi connectivity index (χ3v) is 4.34. The van der Waals surface area contributed by atoms with Crippen LogP contribution in [0.3, 0.4) is 0 Å². The van der Waals surface area contributed by atoms with Crippen molar-refractivity contribution >= 4 is 17.5 Å². The van der Waals surface area contributed by atoms with E-state index in [9.17, 15) is 4.79 Å². The van der Waals surface area contributed by atoms with Gasteiger partial charge in [-0.25, -0.2) is 0 Å². The lowest BCUT2D eigenvalue weighted by molar-refractivity contribution is -0.125. The number of nitrogens with one attached hydrogen (secondary N) is 1. The molecule has 0 radical (unpaired) electrons. The van der Waals surface area contributed by atoms with Crippen molar-refractivity contribution in [3.05, 3.63) is 71.8 Å². The van der Waals surface area contributed by atoms with Gasteiger partial charge in [-0.3, -0.25) is 9.48 Å².